The van der Waals surface area contributed by atoms with E-state index < -0.39 is 17.8 Å². The number of carbonyl (C=O) groups excluding carboxylic acids is 1. The molecule has 5 nitrogen and oxygen atoms in total. The number of allylic oxidation sites excluding steroid dienone is 2. The zero-order valence-corrected chi connectivity index (χ0v) is 10.7. The summed E-state index contributed by atoms with van der Waals surface area (Å²) < 4.78 is 0. The minimum absolute atomic E-state index is 0.257. The van der Waals surface area contributed by atoms with Gasteiger partial charge in [-0.1, -0.05) is 11.6 Å². The van der Waals surface area contributed by atoms with Crippen LogP contribution in [-0.2, 0) is 9.59 Å². The second-order valence-electron chi connectivity index (χ2n) is 4.77. The second kappa shape index (κ2) is 5.65. The lowest BCUT2D eigenvalue weighted by Gasteiger charge is -2.26. The molecule has 0 bridgehead atoms. The maximum absolute atomic E-state index is 12.2. The van der Waals surface area contributed by atoms with E-state index in [1.165, 1.54) is 0 Å². The number of nitrogens with zero attached hydrogens (tertiary/aromatic N) is 1. The molecule has 0 aliphatic heterocycles. The van der Waals surface area contributed by atoms with Crippen LogP contribution in [0, 0.1) is 11.8 Å². The second-order valence-corrected chi connectivity index (χ2v) is 4.77. The number of aromatic nitrogens is 1. The van der Waals surface area contributed by atoms with Crippen molar-refractivity contribution < 1.29 is 14.7 Å². The largest absolute Gasteiger partial charge is 0.481 e. The van der Waals surface area contributed by atoms with Crippen LogP contribution in [0.25, 0.3) is 0 Å². The summed E-state index contributed by atoms with van der Waals surface area (Å²) in [6.45, 7) is 1.92. The van der Waals surface area contributed by atoms with E-state index in [9.17, 15) is 14.7 Å². The summed E-state index contributed by atoms with van der Waals surface area (Å²) in [5.41, 5.74) is 1.65. The predicted octanol–water partition coefficient (Wildman–Crippen LogP) is 2.08. The number of nitrogens with one attached hydrogen (secondary N) is 1. The summed E-state index contributed by atoms with van der Waals surface area (Å²) in [7, 11) is 0. The van der Waals surface area contributed by atoms with E-state index in [0.717, 1.165) is 5.57 Å². The lowest BCUT2D eigenvalue weighted by atomic mass is 9.79. The number of carbonyl (C=O) groups is 2. The minimum atomic E-state index is -0.921. The summed E-state index contributed by atoms with van der Waals surface area (Å²) >= 11 is 0. The third-order valence-corrected chi connectivity index (χ3v) is 3.33. The first-order valence-electron chi connectivity index (χ1n) is 6.17. The van der Waals surface area contributed by atoms with Crippen molar-refractivity contribution in [2.45, 2.75) is 19.8 Å². The van der Waals surface area contributed by atoms with Crippen molar-refractivity contribution in [3.8, 4) is 0 Å². The van der Waals surface area contributed by atoms with Gasteiger partial charge >= 0.3 is 5.97 Å². The molecule has 1 aliphatic carbocycles. The Labute approximate surface area is 111 Å². The minimum Gasteiger partial charge on any atom is -0.481 e. The van der Waals surface area contributed by atoms with Crippen LogP contribution in [0.3, 0.4) is 0 Å². The van der Waals surface area contributed by atoms with Gasteiger partial charge in [-0.05, 0) is 31.9 Å². The fraction of sp³-hybridized carbons (Fsp3) is 0.357. The number of hydrogen-bond donors (Lipinski definition) is 2. The quantitative estimate of drug-likeness (QED) is 0.815. The molecule has 0 fully saturated rings. The van der Waals surface area contributed by atoms with Gasteiger partial charge in [0.25, 0.3) is 0 Å². The predicted molar refractivity (Wildman–Crippen MR) is 70.5 cm³/mol. The lowest BCUT2D eigenvalue weighted by Crippen LogP contribution is -2.35. The van der Waals surface area contributed by atoms with Crippen molar-refractivity contribution in [1.82, 2.24) is 4.98 Å². The van der Waals surface area contributed by atoms with Crippen LogP contribution >= 0.6 is 0 Å². The van der Waals surface area contributed by atoms with Gasteiger partial charge in [-0.15, -0.1) is 0 Å². The number of rotatable bonds is 3. The molecule has 100 valence electrons. The molecule has 0 aromatic carbocycles. The van der Waals surface area contributed by atoms with Crippen molar-refractivity contribution >= 4 is 17.6 Å². The molecule has 2 atom stereocenters. The van der Waals surface area contributed by atoms with Crippen molar-refractivity contribution in [2.75, 3.05) is 5.32 Å². The SMILES string of the molecule is CC1=CC[C@@H](C(=O)O)[C@H](C(=O)Nc2cccnc2)C1. The standard InChI is InChI=1S/C14H16N2O3/c1-9-4-5-11(14(18)19)12(7-9)13(17)16-10-3-2-6-15-8-10/h2-4,6,8,11-12H,5,7H2,1H3,(H,16,17)(H,18,19)/t11-,12-/m1/s1. The Morgan fingerprint density at radius 3 is 2.84 bits per heavy atom. The number of aliphatic carboxylic acids is 1. The topological polar surface area (TPSA) is 79.3 Å². The smallest absolute Gasteiger partial charge is 0.307 e. The highest BCUT2D eigenvalue weighted by Crippen LogP contribution is 2.30. The molecule has 2 rings (SSSR count). The zero-order chi connectivity index (χ0) is 13.8. The van der Waals surface area contributed by atoms with E-state index in [-0.39, 0.29) is 5.91 Å². The van der Waals surface area contributed by atoms with E-state index in [0.29, 0.717) is 18.5 Å². The Morgan fingerprint density at radius 2 is 2.21 bits per heavy atom. The van der Waals surface area contributed by atoms with Crippen molar-refractivity contribution in [1.29, 1.82) is 0 Å². The van der Waals surface area contributed by atoms with Crippen LogP contribution in [0.5, 0.6) is 0 Å². The summed E-state index contributed by atoms with van der Waals surface area (Å²) in [6, 6.07) is 3.45. The molecule has 1 aromatic rings. The molecule has 1 amide bonds. The van der Waals surface area contributed by atoms with Gasteiger partial charge in [0, 0.05) is 6.20 Å². The van der Waals surface area contributed by atoms with Gasteiger partial charge in [0.15, 0.2) is 0 Å². The average Bonchev–Trinajstić information content (AvgIpc) is 2.39. The maximum Gasteiger partial charge on any atom is 0.307 e. The average molecular weight is 260 g/mol. The molecule has 0 saturated carbocycles. The van der Waals surface area contributed by atoms with Crippen molar-refractivity contribution in [3.05, 3.63) is 36.2 Å². The Kier molecular flexibility index (Phi) is 3.94. The Morgan fingerprint density at radius 1 is 1.42 bits per heavy atom. The molecule has 0 saturated heterocycles. The maximum atomic E-state index is 12.2. The van der Waals surface area contributed by atoms with Gasteiger partial charge in [-0.25, -0.2) is 0 Å². The molecule has 1 aliphatic rings. The summed E-state index contributed by atoms with van der Waals surface area (Å²) in [5.74, 6) is -2.36. The molecule has 5 heteroatoms. The number of pyridine rings is 1. The van der Waals surface area contributed by atoms with Gasteiger partial charge in [0.05, 0.1) is 23.7 Å². The summed E-state index contributed by atoms with van der Waals surface area (Å²) in [6.07, 6.45) is 5.95. The first-order valence-corrected chi connectivity index (χ1v) is 6.17. The Bertz CT molecular complexity index is 511. The molecule has 0 spiro atoms. The van der Waals surface area contributed by atoms with Gasteiger partial charge in [-0.2, -0.15) is 0 Å². The Balaban J connectivity index is 2.12. The normalized spacial score (nSPS) is 22.5. The number of hydrogen-bond acceptors (Lipinski definition) is 3. The van der Waals surface area contributed by atoms with Crippen LogP contribution in [-0.4, -0.2) is 22.0 Å². The molecular formula is C14H16N2O3. The summed E-state index contributed by atoms with van der Waals surface area (Å²) in [5, 5.41) is 11.9. The molecule has 0 unspecified atom stereocenters. The fourth-order valence-electron chi connectivity index (χ4n) is 2.28. The van der Waals surface area contributed by atoms with Crippen LogP contribution in [0.4, 0.5) is 5.69 Å². The number of amides is 1. The molecule has 2 N–H and O–H groups in total. The van der Waals surface area contributed by atoms with Crippen LogP contribution < -0.4 is 5.32 Å². The third-order valence-electron chi connectivity index (χ3n) is 3.33. The van der Waals surface area contributed by atoms with Crippen LogP contribution in [0.15, 0.2) is 36.2 Å². The highest BCUT2D eigenvalue weighted by Gasteiger charge is 2.35. The van der Waals surface area contributed by atoms with E-state index in [1.54, 1.807) is 24.5 Å². The molecule has 0 radical (unpaired) electrons. The zero-order valence-electron chi connectivity index (χ0n) is 10.7. The molecule has 1 aromatic heterocycles. The van der Waals surface area contributed by atoms with E-state index in [4.69, 9.17) is 0 Å². The fourth-order valence-corrected chi connectivity index (χ4v) is 2.28. The molecule has 1 heterocycles. The van der Waals surface area contributed by atoms with Crippen LogP contribution in [0.1, 0.15) is 19.8 Å². The first kappa shape index (κ1) is 13.3. The highest BCUT2D eigenvalue weighted by molar-refractivity contribution is 5.95. The lowest BCUT2D eigenvalue weighted by molar-refractivity contribution is -0.146. The first-order chi connectivity index (χ1) is 9.08. The van der Waals surface area contributed by atoms with Crippen LogP contribution in [0.2, 0.25) is 0 Å². The van der Waals surface area contributed by atoms with E-state index in [2.05, 4.69) is 10.3 Å². The van der Waals surface area contributed by atoms with Gasteiger partial charge in [-0.3, -0.25) is 14.6 Å². The summed E-state index contributed by atoms with van der Waals surface area (Å²) in [4.78, 5) is 27.3. The number of carboxylic acid groups (broad SMARTS) is 1. The Hall–Kier alpha value is -2.17. The number of anilines is 1. The van der Waals surface area contributed by atoms with E-state index >= 15 is 0 Å². The van der Waals surface area contributed by atoms with E-state index in [1.807, 2.05) is 13.0 Å². The number of carboxylic acids is 1. The van der Waals surface area contributed by atoms with Crippen molar-refractivity contribution in [3.63, 3.8) is 0 Å². The third kappa shape index (κ3) is 3.19. The monoisotopic (exact) mass is 260 g/mol. The van der Waals surface area contributed by atoms with Gasteiger partial charge in [0.1, 0.15) is 0 Å². The van der Waals surface area contributed by atoms with Gasteiger partial charge in [0.2, 0.25) is 5.91 Å². The van der Waals surface area contributed by atoms with Gasteiger partial charge < -0.3 is 10.4 Å². The molecule has 19 heavy (non-hydrogen) atoms. The highest BCUT2D eigenvalue weighted by atomic mass is 16.4. The van der Waals surface area contributed by atoms with Crippen molar-refractivity contribution in [2.24, 2.45) is 11.8 Å². The molecular weight excluding hydrogens is 244 g/mol.